The second kappa shape index (κ2) is 5.59. The molecule has 0 spiro atoms. The average Bonchev–Trinajstić information content (AvgIpc) is 3.18. The van der Waals surface area contributed by atoms with Gasteiger partial charge in [-0.2, -0.15) is 0 Å². The van der Waals surface area contributed by atoms with Gasteiger partial charge < -0.3 is 19.9 Å². The largest absolute Gasteiger partial charge is 0.374 e. The molecule has 0 radical (unpaired) electrons. The third-order valence-electron chi connectivity index (χ3n) is 5.03. The first-order valence-electron chi connectivity index (χ1n) is 6.83. The fourth-order valence-electron chi connectivity index (χ4n) is 3.07. The number of rotatable bonds is 8. The summed E-state index contributed by atoms with van der Waals surface area (Å²) in [5.41, 5.74) is 5.98. The van der Waals surface area contributed by atoms with Crippen molar-refractivity contribution in [3.8, 4) is 0 Å². The summed E-state index contributed by atoms with van der Waals surface area (Å²) in [5, 5.41) is -0.700. The van der Waals surface area contributed by atoms with Crippen LogP contribution in [0.2, 0.25) is 0 Å². The number of hydrogen-bond acceptors (Lipinski definition) is 4. The van der Waals surface area contributed by atoms with E-state index in [4.69, 9.17) is 19.9 Å². The van der Waals surface area contributed by atoms with Gasteiger partial charge in [0.15, 0.2) is 0 Å². The summed E-state index contributed by atoms with van der Waals surface area (Å²) in [7, 11) is 4.15. The summed E-state index contributed by atoms with van der Waals surface area (Å²) >= 11 is 0. The third kappa shape index (κ3) is 2.51. The third-order valence-corrected chi connectivity index (χ3v) is 6.24. The normalized spacial score (nSPS) is 26.7. The Morgan fingerprint density at radius 1 is 1.28 bits per heavy atom. The van der Waals surface area contributed by atoms with E-state index >= 15 is 0 Å². The van der Waals surface area contributed by atoms with Gasteiger partial charge in [-0.15, -0.1) is 0 Å². The molecule has 4 nitrogen and oxygen atoms in total. The molecule has 3 atom stereocenters. The molecule has 0 aromatic carbocycles. The van der Waals surface area contributed by atoms with Crippen molar-refractivity contribution in [2.45, 2.75) is 57.1 Å². The molecule has 0 aromatic rings. The molecule has 1 saturated heterocycles. The molecule has 1 rings (SSSR count). The summed E-state index contributed by atoms with van der Waals surface area (Å²) < 4.78 is 17.0. The predicted octanol–water partition coefficient (Wildman–Crippen LogP) is 0.611. The summed E-state index contributed by atoms with van der Waals surface area (Å²) in [4.78, 5) is 0. The summed E-state index contributed by atoms with van der Waals surface area (Å²) in [6.45, 7) is 7.45. The Morgan fingerprint density at radius 2 is 1.78 bits per heavy atom. The minimum Gasteiger partial charge on any atom is -0.374 e. The van der Waals surface area contributed by atoms with Crippen molar-refractivity contribution < 1.29 is 14.2 Å². The van der Waals surface area contributed by atoms with Gasteiger partial charge >= 0.3 is 0 Å². The maximum absolute atomic E-state index is 6.48. The molecule has 0 saturated carbocycles. The van der Waals surface area contributed by atoms with Crippen molar-refractivity contribution >= 4 is 10.2 Å². The molecule has 1 fully saturated rings. The fraction of sp³-hybridized carbons (Fsp3) is 1.00. The van der Waals surface area contributed by atoms with E-state index in [9.17, 15) is 0 Å². The van der Waals surface area contributed by atoms with Crippen molar-refractivity contribution in [2.24, 2.45) is 11.1 Å². The van der Waals surface area contributed by atoms with Gasteiger partial charge in [0.05, 0.1) is 23.0 Å². The quantitative estimate of drug-likeness (QED) is 0.401. The van der Waals surface area contributed by atoms with Crippen LogP contribution in [0.5, 0.6) is 0 Å². The minimum absolute atomic E-state index is 0.0137. The maximum atomic E-state index is 6.48. The molecule has 18 heavy (non-hydrogen) atoms. The van der Waals surface area contributed by atoms with Gasteiger partial charge in [0.25, 0.3) is 0 Å². The highest BCUT2D eigenvalue weighted by Gasteiger charge is 2.59. The number of ether oxygens (including phenoxy) is 3. The highest BCUT2D eigenvalue weighted by molar-refractivity contribution is 6.15. The van der Waals surface area contributed by atoms with Gasteiger partial charge in [0.2, 0.25) is 0 Å². The van der Waals surface area contributed by atoms with Crippen LogP contribution in [-0.2, 0) is 14.2 Å². The van der Waals surface area contributed by atoms with E-state index in [2.05, 4.69) is 20.8 Å². The standard InChI is InChI=1S/C13H29NO3Si/c1-6-11(3,7-2)12(15-4,8-10-9-17-10)13(14,18)16-5/h10H,6-9,14H2,1-5,18H3. The molecule has 1 heterocycles. The van der Waals surface area contributed by atoms with Gasteiger partial charge in [-0.05, 0) is 18.3 Å². The molecule has 3 unspecified atom stereocenters. The Hall–Kier alpha value is 0.0569. The van der Waals surface area contributed by atoms with E-state index in [-0.39, 0.29) is 11.5 Å². The van der Waals surface area contributed by atoms with Crippen LogP contribution in [0, 0.1) is 5.41 Å². The van der Waals surface area contributed by atoms with Crippen molar-refractivity contribution in [3.63, 3.8) is 0 Å². The van der Waals surface area contributed by atoms with Crippen LogP contribution in [0.25, 0.3) is 0 Å². The maximum Gasteiger partial charge on any atom is 0.121 e. The zero-order valence-corrected chi connectivity index (χ0v) is 14.7. The Balaban J connectivity index is 3.19. The zero-order chi connectivity index (χ0) is 14.0. The first kappa shape index (κ1) is 16.1. The lowest BCUT2D eigenvalue weighted by Crippen LogP contribution is -2.70. The molecule has 1 aliphatic rings. The Bertz CT molecular complexity index is 277. The Kier molecular flexibility index (Phi) is 5.00. The SMILES string of the molecule is CCC(C)(CC)C(CC1CO1)(OC)C(N)([SiH3])OC. The van der Waals surface area contributed by atoms with Crippen LogP contribution in [0.1, 0.15) is 40.0 Å². The lowest BCUT2D eigenvalue weighted by molar-refractivity contribution is -0.210. The van der Waals surface area contributed by atoms with Crippen LogP contribution in [0.3, 0.4) is 0 Å². The number of hydrogen-bond donors (Lipinski definition) is 1. The first-order chi connectivity index (χ1) is 8.32. The molecule has 2 N–H and O–H groups in total. The zero-order valence-electron chi connectivity index (χ0n) is 12.7. The summed E-state index contributed by atoms with van der Waals surface area (Å²) in [6, 6.07) is 0. The van der Waals surface area contributed by atoms with Crippen LogP contribution in [0.15, 0.2) is 0 Å². The summed E-state index contributed by atoms with van der Waals surface area (Å²) in [6.07, 6.45) is 3.10. The van der Waals surface area contributed by atoms with Crippen LogP contribution in [0.4, 0.5) is 0 Å². The van der Waals surface area contributed by atoms with E-state index in [1.54, 1.807) is 14.2 Å². The summed E-state index contributed by atoms with van der Waals surface area (Å²) in [5.74, 6) is 0. The molecular formula is C13H29NO3Si. The van der Waals surface area contributed by atoms with Gasteiger partial charge in [-0.1, -0.05) is 20.8 Å². The van der Waals surface area contributed by atoms with Crippen LogP contribution >= 0.6 is 0 Å². The number of nitrogens with two attached hydrogens (primary N) is 1. The molecule has 0 amide bonds. The van der Waals surface area contributed by atoms with Gasteiger partial charge in [-0.25, -0.2) is 0 Å². The lowest BCUT2D eigenvalue weighted by atomic mass is 9.66. The minimum atomic E-state index is -0.700. The molecule has 5 heteroatoms. The molecule has 0 aromatic heterocycles. The van der Waals surface area contributed by atoms with Crippen molar-refractivity contribution in [2.75, 3.05) is 20.8 Å². The van der Waals surface area contributed by atoms with Crippen molar-refractivity contribution in [1.29, 1.82) is 0 Å². The second-order valence-corrected chi connectivity index (χ2v) is 7.26. The average molecular weight is 275 g/mol. The van der Waals surface area contributed by atoms with E-state index in [0.29, 0.717) is 10.2 Å². The van der Waals surface area contributed by atoms with E-state index in [1.807, 2.05) is 0 Å². The molecule has 0 bridgehead atoms. The Morgan fingerprint density at radius 3 is 2.06 bits per heavy atom. The lowest BCUT2D eigenvalue weighted by Gasteiger charge is -2.55. The van der Waals surface area contributed by atoms with Crippen LogP contribution < -0.4 is 5.73 Å². The fourth-order valence-corrected chi connectivity index (χ4v) is 4.08. The number of methoxy groups -OCH3 is 2. The van der Waals surface area contributed by atoms with E-state index in [0.717, 1.165) is 25.9 Å². The van der Waals surface area contributed by atoms with Gasteiger partial charge in [0.1, 0.15) is 10.9 Å². The van der Waals surface area contributed by atoms with Crippen LogP contribution in [-0.4, -0.2) is 48.1 Å². The van der Waals surface area contributed by atoms with Gasteiger partial charge in [-0.3, -0.25) is 0 Å². The van der Waals surface area contributed by atoms with Crippen molar-refractivity contribution in [3.05, 3.63) is 0 Å². The topological polar surface area (TPSA) is 57.0 Å². The van der Waals surface area contributed by atoms with E-state index in [1.165, 1.54) is 0 Å². The first-order valence-corrected chi connectivity index (χ1v) is 7.83. The molecule has 1 aliphatic heterocycles. The predicted molar refractivity (Wildman–Crippen MR) is 76.7 cm³/mol. The number of epoxide rings is 1. The molecule has 108 valence electrons. The second-order valence-electron chi connectivity index (χ2n) is 5.77. The highest BCUT2D eigenvalue weighted by atomic mass is 28.1. The van der Waals surface area contributed by atoms with Gasteiger partial charge in [0, 0.05) is 20.6 Å². The Labute approximate surface area is 114 Å². The molecule has 0 aliphatic carbocycles. The van der Waals surface area contributed by atoms with Crippen molar-refractivity contribution in [1.82, 2.24) is 0 Å². The smallest absolute Gasteiger partial charge is 0.121 e. The highest BCUT2D eigenvalue weighted by Crippen LogP contribution is 2.49. The molecular weight excluding hydrogens is 246 g/mol. The monoisotopic (exact) mass is 275 g/mol. The van der Waals surface area contributed by atoms with E-state index < -0.39 is 10.9 Å².